The quantitative estimate of drug-likeness (QED) is 0.800. The van der Waals surface area contributed by atoms with Gasteiger partial charge >= 0.3 is 7.12 Å². The van der Waals surface area contributed by atoms with Crippen molar-refractivity contribution >= 4 is 12.6 Å². The number of ether oxygens (including phenoxy) is 2. The molecule has 0 unspecified atom stereocenters. The van der Waals surface area contributed by atoms with Crippen molar-refractivity contribution < 1.29 is 18.8 Å². The molecule has 2 aromatic carbocycles. The van der Waals surface area contributed by atoms with E-state index < -0.39 is 18.3 Å². The first kappa shape index (κ1) is 16.5. The van der Waals surface area contributed by atoms with Crippen LogP contribution in [0.3, 0.4) is 0 Å². The molecule has 0 saturated carbocycles. The second-order valence-electron chi connectivity index (χ2n) is 7.56. The lowest BCUT2D eigenvalue weighted by atomic mass is 9.77. The molecule has 1 saturated heterocycles. The molecule has 2 aliphatic rings. The fourth-order valence-electron chi connectivity index (χ4n) is 3.15. The lowest BCUT2D eigenvalue weighted by Crippen LogP contribution is -2.41. The number of fused-ring (bicyclic) bond motifs is 1. The molecule has 2 heterocycles. The van der Waals surface area contributed by atoms with Crippen molar-refractivity contribution in [3.05, 3.63) is 48.0 Å². The van der Waals surface area contributed by atoms with Crippen molar-refractivity contribution in [2.24, 2.45) is 0 Å². The minimum Gasteiger partial charge on any atom is -0.493 e. The van der Waals surface area contributed by atoms with E-state index in [4.69, 9.17) is 18.8 Å². The highest BCUT2D eigenvalue weighted by atomic mass is 16.7. The SMILES string of the molecule is CC1(C)OB(c2ccc3c(c2Oc2ccccc2)CCO3)OC1(C)C. The molecule has 5 heteroatoms. The van der Waals surface area contributed by atoms with E-state index in [0.717, 1.165) is 34.7 Å². The maximum atomic E-state index is 6.26. The van der Waals surface area contributed by atoms with E-state index >= 15 is 0 Å². The Bertz CT molecular complexity index is 770. The van der Waals surface area contributed by atoms with Crippen molar-refractivity contribution in [3.8, 4) is 17.2 Å². The van der Waals surface area contributed by atoms with Crippen LogP contribution in [0, 0.1) is 0 Å². The van der Waals surface area contributed by atoms with Gasteiger partial charge in [0.25, 0.3) is 0 Å². The Morgan fingerprint density at radius 3 is 2.28 bits per heavy atom. The number of para-hydroxylation sites is 1. The van der Waals surface area contributed by atoms with Crippen molar-refractivity contribution in [3.63, 3.8) is 0 Å². The van der Waals surface area contributed by atoms with Crippen molar-refractivity contribution in [2.75, 3.05) is 6.61 Å². The third-order valence-corrected chi connectivity index (χ3v) is 5.33. The minimum absolute atomic E-state index is 0.392. The average molecular weight is 338 g/mol. The summed E-state index contributed by atoms with van der Waals surface area (Å²) in [4.78, 5) is 0. The second-order valence-corrected chi connectivity index (χ2v) is 7.56. The van der Waals surface area contributed by atoms with Gasteiger partial charge in [-0.15, -0.1) is 0 Å². The highest BCUT2D eigenvalue weighted by molar-refractivity contribution is 6.63. The summed E-state index contributed by atoms with van der Waals surface area (Å²) >= 11 is 0. The van der Waals surface area contributed by atoms with Gasteiger partial charge in [-0.2, -0.15) is 0 Å². The van der Waals surface area contributed by atoms with Gasteiger partial charge < -0.3 is 18.8 Å². The van der Waals surface area contributed by atoms with Crippen LogP contribution in [-0.4, -0.2) is 24.9 Å². The monoisotopic (exact) mass is 338 g/mol. The molecule has 2 aliphatic heterocycles. The Morgan fingerprint density at radius 1 is 0.920 bits per heavy atom. The Hall–Kier alpha value is -1.98. The number of benzene rings is 2. The summed E-state index contributed by atoms with van der Waals surface area (Å²) in [6.45, 7) is 8.90. The fraction of sp³-hybridized carbons (Fsp3) is 0.400. The van der Waals surface area contributed by atoms with Crippen LogP contribution in [0.5, 0.6) is 17.2 Å². The van der Waals surface area contributed by atoms with E-state index in [1.165, 1.54) is 0 Å². The van der Waals surface area contributed by atoms with Gasteiger partial charge in [0.1, 0.15) is 17.2 Å². The zero-order valence-electron chi connectivity index (χ0n) is 15.2. The summed E-state index contributed by atoms with van der Waals surface area (Å²) < 4.78 is 24.5. The van der Waals surface area contributed by atoms with Crippen LogP contribution in [-0.2, 0) is 15.7 Å². The van der Waals surface area contributed by atoms with Gasteiger partial charge in [0.05, 0.1) is 17.8 Å². The smallest absolute Gasteiger partial charge is 0.493 e. The third-order valence-electron chi connectivity index (χ3n) is 5.33. The summed E-state index contributed by atoms with van der Waals surface area (Å²) in [5.41, 5.74) is 1.21. The van der Waals surface area contributed by atoms with Gasteiger partial charge in [0.2, 0.25) is 0 Å². The van der Waals surface area contributed by atoms with E-state index in [-0.39, 0.29) is 0 Å². The highest BCUT2D eigenvalue weighted by Crippen LogP contribution is 2.40. The summed E-state index contributed by atoms with van der Waals surface area (Å²) in [5.74, 6) is 2.46. The molecular weight excluding hydrogens is 315 g/mol. The molecule has 1 fully saturated rings. The summed E-state index contributed by atoms with van der Waals surface area (Å²) in [7, 11) is -0.463. The fourth-order valence-corrected chi connectivity index (χ4v) is 3.15. The van der Waals surface area contributed by atoms with Crippen LogP contribution < -0.4 is 14.9 Å². The zero-order chi connectivity index (χ0) is 17.7. The van der Waals surface area contributed by atoms with E-state index in [1.807, 2.05) is 42.5 Å². The Balaban J connectivity index is 1.76. The standard InChI is InChI=1S/C20H23BO4/c1-19(2)20(3,4)25-21(24-19)16-10-11-17-15(12-13-22-17)18(16)23-14-8-6-5-7-9-14/h5-11H,12-13H2,1-4H3. The van der Waals surface area contributed by atoms with Crippen LogP contribution in [0.2, 0.25) is 0 Å². The molecule has 130 valence electrons. The lowest BCUT2D eigenvalue weighted by molar-refractivity contribution is 0.00578. The molecule has 4 rings (SSSR count). The predicted octanol–water partition coefficient (Wildman–Crippen LogP) is 3.71. The van der Waals surface area contributed by atoms with Gasteiger partial charge in [-0.1, -0.05) is 24.3 Å². The van der Waals surface area contributed by atoms with Gasteiger partial charge in [-0.3, -0.25) is 0 Å². The highest BCUT2D eigenvalue weighted by Gasteiger charge is 2.52. The molecule has 2 aromatic rings. The largest absolute Gasteiger partial charge is 0.498 e. The Kier molecular flexibility index (Phi) is 3.82. The zero-order valence-corrected chi connectivity index (χ0v) is 15.2. The van der Waals surface area contributed by atoms with Gasteiger partial charge in [-0.05, 0) is 45.9 Å². The first-order valence-corrected chi connectivity index (χ1v) is 8.74. The lowest BCUT2D eigenvalue weighted by Gasteiger charge is -2.32. The number of hydrogen-bond donors (Lipinski definition) is 0. The number of hydrogen-bond acceptors (Lipinski definition) is 4. The first-order chi connectivity index (χ1) is 11.9. The van der Waals surface area contributed by atoms with Crippen molar-refractivity contribution in [1.29, 1.82) is 0 Å². The van der Waals surface area contributed by atoms with Gasteiger partial charge in [0.15, 0.2) is 0 Å². The summed E-state index contributed by atoms with van der Waals surface area (Å²) in [6, 6.07) is 13.8. The molecule has 0 bridgehead atoms. The average Bonchev–Trinajstić information content (AvgIpc) is 3.11. The topological polar surface area (TPSA) is 36.9 Å². The minimum atomic E-state index is -0.463. The van der Waals surface area contributed by atoms with E-state index in [2.05, 4.69) is 27.7 Å². The molecule has 0 amide bonds. The summed E-state index contributed by atoms with van der Waals surface area (Å²) in [6.07, 6.45) is 0.824. The van der Waals surface area contributed by atoms with Crippen LogP contribution >= 0.6 is 0 Å². The van der Waals surface area contributed by atoms with Crippen LogP contribution in [0.15, 0.2) is 42.5 Å². The second kappa shape index (κ2) is 5.78. The third kappa shape index (κ3) is 2.81. The van der Waals surface area contributed by atoms with Gasteiger partial charge in [-0.25, -0.2) is 0 Å². The van der Waals surface area contributed by atoms with E-state index in [9.17, 15) is 0 Å². The summed E-state index contributed by atoms with van der Waals surface area (Å²) in [5, 5.41) is 0. The Morgan fingerprint density at radius 2 is 1.60 bits per heavy atom. The molecule has 0 N–H and O–H groups in total. The van der Waals surface area contributed by atoms with Gasteiger partial charge in [0, 0.05) is 17.4 Å². The maximum absolute atomic E-state index is 6.26. The van der Waals surface area contributed by atoms with E-state index in [0.29, 0.717) is 6.61 Å². The predicted molar refractivity (Wildman–Crippen MR) is 97.9 cm³/mol. The molecule has 0 aliphatic carbocycles. The van der Waals surface area contributed by atoms with E-state index in [1.54, 1.807) is 0 Å². The molecule has 25 heavy (non-hydrogen) atoms. The molecule has 0 radical (unpaired) electrons. The normalized spacial score (nSPS) is 20.2. The Labute approximate surface area is 149 Å². The number of rotatable bonds is 3. The van der Waals surface area contributed by atoms with Crippen molar-refractivity contribution in [2.45, 2.75) is 45.3 Å². The molecule has 0 spiro atoms. The molecular formula is C20H23BO4. The first-order valence-electron chi connectivity index (χ1n) is 8.74. The van der Waals surface area contributed by atoms with Crippen LogP contribution in [0.4, 0.5) is 0 Å². The maximum Gasteiger partial charge on any atom is 0.498 e. The molecule has 4 nitrogen and oxygen atoms in total. The van der Waals surface area contributed by atoms with Crippen molar-refractivity contribution in [1.82, 2.24) is 0 Å². The molecule has 0 atom stereocenters. The van der Waals surface area contributed by atoms with Crippen LogP contribution in [0.25, 0.3) is 0 Å². The van der Waals surface area contributed by atoms with Crippen LogP contribution in [0.1, 0.15) is 33.3 Å². The molecule has 0 aromatic heterocycles.